The maximum absolute atomic E-state index is 11.6. The number of Topliss-reactive ketones (excluding diaryl/α,β-unsaturated/α-hetero) is 1. The molecule has 1 fully saturated rings. The van der Waals surface area contributed by atoms with Crippen LogP contribution in [0.5, 0.6) is 5.75 Å². The molecule has 0 bridgehead atoms. The number of benzene rings is 1. The summed E-state index contributed by atoms with van der Waals surface area (Å²) < 4.78 is 5.98. The number of halogens is 1. The molecular weight excluding hydrogens is 304 g/mol. The predicted molar refractivity (Wildman–Crippen MR) is 81.3 cm³/mol. The van der Waals surface area contributed by atoms with Crippen LogP contribution in [-0.2, 0) is 0 Å². The highest BCUT2D eigenvalue weighted by atomic mass is 79.9. The third kappa shape index (κ3) is 3.59. The van der Waals surface area contributed by atoms with Gasteiger partial charge in [0.1, 0.15) is 5.75 Å². The van der Waals surface area contributed by atoms with E-state index >= 15 is 0 Å². The smallest absolute Gasteiger partial charge is 0.163 e. The molecule has 0 spiro atoms. The normalized spacial score (nSPS) is 18.0. The quantitative estimate of drug-likeness (QED) is 0.583. The van der Waals surface area contributed by atoms with Crippen LogP contribution in [0.2, 0.25) is 0 Å². The summed E-state index contributed by atoms with van der Waals surface area (Å²) in [5.41, 5.74) is 0.922. The van der Waals surface area contributed by atoms with Crippen molar-refractivity contribution in [1.29, 1.82) is 0 Å². The van der Waals surface area contributed by atoms with Crippen LogP contribution in [0.4, 0.5) is 0 Å². The molecule has 104 valence electrons. The van der Waals surface area contributed by atoms with Gasteiger partial charge in [0.25, 0.3) is 0 Å². The molecular formula is C16H21BrO2. The Balaban J connectivity index is 2.07. The molecule has 1 aromatic carbocycles. The van der Waals surface area contributed by atoms with E-state index in [1.807, 2.05) is 24.3 Å². The molecule has 0 unspecified atom stereocenters. The molecule has 1 aliphatic rings. The van der Waals surface area contributed by atoms with Gasteiger partial charge in [0.15, 0.2) is 5.78 Å². The predicted octanol–water partition coefficient (Wildman–Crippen LogP) is 4.61. The summed E-state index contributed by atoms with van der Waals surface area (Å²) in [6.45, 7) is 2.28. The van der Waals surface area contributed by atoms with Gasteiger partial charge in [-0.15, -0.1) is 0 Å². The van der Waals surface area contributed by atoms with Crippen molar-refractivity contribution < 1.29 is 9.53 Å². The van der Waals surface area contributed by atoms with E-state index < -0.39 is 0 Å². The van der Waals surface area contributed by atoms with Crippen molar-refractivity contribution in [3.8, 4) is 5.75 Å². The van der Waals surface area contributed by atoms with Gasteiger partial charge in [0, 0.05) is 10.7 Å². The topological polar surface area (TPSA) is 26.3 Å². The molecule has 1 aromatic rings. The van der Waals surface area contributed by atoms with Gasteiger partial charge in [-0.25, -0.2) is 0 Å². The fourth-order valence-corrected chi connectivity index (χ4v) is 3.46. The lowest BCUT2D eigenvalue weighted by Crippen LogP contribution is -2.33. The first-order valence-corrected chi connectivity index (χ1v) is 8.08. The van der Waals surface area contributed by atoms with Crippen molar-refractivity contribution in [2.24, 2.45) is 5.41 Å². The average molecular weight is 325 g/mol. The molecule has 0 radical (unpaired) electrons. The molecule has 0 heterocycles. The maximum atomic E-state index is 11.6. The molecule has 0 aromatic heterocycles. The van der Waals surface area contributed by atoms with E-state index in [0.717, 1.165) is 11.1 Å². The zero-order chi connectivity index (χ0) is 13.7. The van der Waals surface area contributed by atoms with E-state index in [4.69, 9.17) is 4.74 Å². The first-order valence-electron chi connectivity index (χ1n) is 6.96. The largest absolute Gasteiger partial charge is 0.492 e. The average Bonchev–Trinajstić information content (AvgIpc) is 2.46. The van der Waals surface area contributed by atoms with Crippen LogP contribution in [0, 0.1) is 5.41 Å². The molecule has 1 saturated carbocycles. The van der Waals surface area contributed by atoms with E-state index in [0.29, 0.717) is 12.2 Å². The van der Waals surface area contributed by atoms with E-state index in [-0.39, 0.29) is 11.2 Å². The third-order valence-corrected chi connectivity index (χ3v) is 5.19. The minimum Gasteiger partial charge on any atom is -0.492 e. The lowest BCUT2D eigenvalue weighted by atomic mass is 9.76. The summed E-state index contributed by atoms with van der Waals surface area (Å²) in [4.78, 5) is 11.6. The Morgan fingerprint density at radius 1 is 1.26 bits per heavy atom. The lowest BCUT2D eigenvalue weighted by molar-refractivity contribution is 0.0993. The Hall–Kier alpha value is -0.830. The zero-order valence-corrected chi connectivity index (χ0v) is 13.0. The lowest BCUT2D eigenvalue weighted by Gasteiger charge is -2.35. The van der Waals surface area contributed by atoms with Crippen molar-refractivity contribution in [2.45, 2.75) is 39.0 Å². The number of para-hydroxylation sites is 1. The number of carbonyl (C=O) groups is 1. The Morgan fingerprint density at radius 3 is 2.58 bits per heavy atom. The molecule has 2 rings (SSSR count). The van der Waals surface area contributed by atoms with Crippen LogP contribution in [0.1, 0.15) is 49.4 Å². The van der Waals surface area contributed by atoms with E-state index in [2.05, 4.69) is 15.9 Å². The van der Waals surface area contributed by atoms with Crippen LogP contribution in [0.25, 0.3) is 0 Å². The van der Waals surface area contributed by atoms with E-state index in [1.165, 1.54) is 32.1 Å². The highest BCUT2D eigenvalue weighted by Crippen LogP contribution is 2.38. The Morgan fingerprint density at radius 2 is 1.95 bits per heavy atom. The summed E-state index contributed by atoms with van der Waals surface area (Å²) in [5.74, 6) is 0.785. The Kier molecular flexibility index (Phi) is 5.03. The molecule has 0 aliphatic heterocycles. The third-order valence-electron chi connectivity index (χ3n) is 4.00. The standard InChI is InChI=1S/C16H21BrO2/c1-13(18)14-7-3-4-8-15(14)19-12-16(11-17)9-5-2-6-10-16/h3-4,7-8H,2,5-6,9-12H2,1H3. The monoisotopic (exact) mass is 324 g/mol. The van der Waals surface area contributed by atoms with Crippen LogP contribution >= 0.6 is 15.9 Å². The number of ether oxygens (including phenoxy) is 1. The molecule has 2 nitrogen and oxygen atoms in total. The number of hydrogen-bond acceptors (Lipinski definition) is 2. The summed E-state index contributed by atoms with van der Waals surface area (Å²) in [7, 11) is 0. The highest BCUT2D eigenvalue weighted by Gasteiger charge is 2.32. The fourth-order valence-electron chi connectivity index (χ4n) is 2.73. The van der Waals surface area contributed by atoms with Gasteiger partial charge in [-0.3, -0.25) is 4.79 Å². The Labute approximate surface area is 123 Å². The second-order valence-corrected chi connectivity index (χ2v) is 6.10. The van der Waals surface area contributed by atoms with Crippen molar-refractivity contribution in [2.75, 3.05) is 11.9 Å². The minimum atomic E-state index is 0.0622. The van der Waals surface area contributed by atoms with Gasteiger partial charge < -0.3 is 4.74 Å². The molecule has 19 heavy (non-hydrogen) atoms. The molecule has 0 amide bonds. The number of ketones is 1. The van der Waals surface area contributed by atoms with Crippen molar-refractivity contribution in [3.63, 3.8) is 0 Å². The van der Waals surface area contributed by atoms with Crippen molar-refractivity contribution in [1.82, 2.24) is 0 Å². The molecule has 3 heteroatoms. The van der Waals surface area contributed by atoms with Crippen LogP contribution in [0.15, 0.2) is 24.3 Å². The van der Waals surface area contributed by atoms with Crippen LogP contribution in [-0.4, -0.2) is 17.7 Å². The summed E-state index contributed by atoms with van der Waals surface area (Å²) in [6.07, 6.45) is 6.31. The fraction of sp³-hybridized carbons (Fsp3) is 0.562. The number of rotatable bonds is 5. The molecule has 1 aliphatic carbocycles. The second kappa shape index (κ2) is 6.56. The Bertz CT molecular complexity index is 436. The van der Waals surface area contributed by atoms with Gasteiger partial charge >= 0.3 is 0 Å². The number of hydrogen-bond donors (Lipinski definition) is 0. The van der Waals surface area contributed by atoms with Crippen molar-refractivity contribution in [3.05, 3.63) is 29.8 Å². The minimum absolute atomic E-state index is 0.0622. The molecule has 0 N–H and O–H groups in total. The molecule has 0 atom stereocenters. The summed E-state index contributed by atoms with van der Waals surface area (Å²) >= 11 is 3.64. The second-order valence-electron chi connectivity index (χ2n) is 5.54. The van der Waals surface area contributed by atoms with Gasteiger partial charge in [0.2, 0.25) is 0 Å². The molecule has 0 saturated heterocycles. The van der Waals surface area contributed by atoms with E-state index in [9.17, 15) is 4.79 Å². The highest BCUT2D eigenvalue weighted by molar-refractivity contribution is 9.09. The summed E-state index contributed by atoms with van der Waals surface area (Å²) in [6, 6.07) is 7.52. The first-order chi connectivity index (χ1) is 9.17. The van der Waals surface area contributed by atoms with Gasteiger partial charge in [-0.1, -0.05) is 47.3 Å². The SMILES string of the molecule is CC(=O)c1ccccc1OCC1(CBr)CCCCC1. The van der Waals surface area contributed by atoms with Gasteiger partial charge in [-0.05, 0) is 31.9 Å². The van der Waals surface area contributed by atoms with Crippen molar-refractivity contribution >= 4 is 21.7 Å². The van der Waals surface area contributed by atoms with Gasteiger partial charge in [0.05, 0.1) is 12.2 Å². The number of alkyl halides is 1. The van der Waals surface area contributed by atoms with Crippen LogP contribution in [0.3, 0.4) is 0 Å². The number of carbonyl (C=O) groups excluding carboxylic acids is 1. The summed E-state index contributed by atoms with van der Waals surface area (Å²) in [5, 5.41) is 0.974. The zero-order valence-electron chi connectivity index (χ0n) is 11.5. The first kappa shape index (κ1) is 14.6. The van der Waals surface area contributed by atoms with E-state index in [1.54, 1.807) is 6.92 Å². The van der Waals surface area contributed by atoms with Gasteiger partial charge in [-0.2, -0.15) is 0 Å². The van der Waals surface area contributed by atoms with Crippen LogP contribution < -0.4 is 4.74 Å². The maximum Gasteiger partial charge on any atom is 0.163 e.